The highest BCUT2D eigenvalue weighted by Gasteiger charge is 2.21. The van der Waals surface area contributed by atoms with Gasteiger partial charge in [0.1, 0.15) is 0 Å². The van der Waals surface area contributed by atoms with Crippen molar-refractivity contribution in [3.05, 3.63) is 28.8 Å². The predicted octanol–water partition coefficient (Wildman–Crippen LogP) is 2.92. The van der Waals surface area contributed by atoms with Crippen molar-refractivity contribution >= 4 is 21.6 Å². The summed E-state index contributed by atoms with van der Waals surface area (Å²) in [7, 11) is -3.45. The maximum absolute atomic E-state index is 12.3. The summed E-state index contributed by atoms with van der Waals surface area (Å²) in [6, 6.07) is 5.18. The number of hydrogen-bond donors (Lipinski definition) is 2. The van der Waals surface area contributed by atoms with Crippen molar-refractivity contribution in [2.75, 3.05) is 6.54 Å². The van der Waals surface area contributed by atoms with Gasteiger partial charge in [-0.15, -0.1) is 0 Å². The molecule has 1 fully saturated rings. The van der Waals surface area contributed by atoms with Crippen molar-refractivity contribution < 1.29 is 8.42 Å². The van der Waals surface area contributed by atoms with E-state index in [0.29, 0.717) is 30.1 Å². The number of nitrogens with one attached hydrogen (secondary N) is 2. The van der Waals surface area contributed by atoms with Crippen LogP contribution in [-0.4, -0.2) is 21.0 Å². The molecule has 0 saturated heterocycles. The van der Waals surface area contributed by atoms with E-state index in [4.69, 9.17) is 11.6 Å². The lowest BCUT2D eigenvalue weighted by Gasteiger charge is -2.25. The first kappa shape index (κ1) is 16.7. The van der Waals surface area contributed by atoms with Gasteiger partial charge >= 0.3 is 0 Å². The molecule has 1 aliphatic rings. The van der Waals surface area contributed by atoms with E-state index in [1.807, 2.05) is 13.8 Å². The van der Waals surface area contributed by atoms with Crippen LogP contribution in [0.2, 0.25) is 5.02 Å². The number of sulfonamides is 1. The Bertz CT molecular complexity index is 583. The summed E-state index contributed by atoms with van der Waals surface area (Å²) < 4.78 is 27.3. The van der Waals surface area contributed by atoms with Gasteiger partial charge in [-0.2, -0.15) is 0 Å². The van der Waals surface area contributed by atoms with Crippen molar-refractivity contribution in [3.63, 3.8) is 0 Å². The van der Waals surface area contributed by atoms with Gasteiger partial charge < -0.3 is 5.32 Å². The normalized spacial score (nSPS) is 16.2. The summed E-state index contributed by atoms with van der Waals surface area (Å²) in [5.41, 5.74) is 0.803. The average molecular weight is 331 g/mol. The van der Waals surface area contributed by atoms with Crippen molar-refractivity contribution in [1.82, 2.24) is 10.0 Å². The van der Waals surface area contributed by atoms with E-state index in [0.717, 1.165) is 18.4 Å². The van der Waals surface area contributed by atoms with Crippen molar-refractivity contribution in [2.24, 2.45) is 5.92 Å². The Labute approximate surface area is 132 Å². The second-order valence-corrected chi connectivity index (χ2v) is 8.11. The highest BCUT2D eigenvalue weighted by Crippen LogP contribution is 2.26. The van der Waals surface area contributed by atoms with E-state index in [1.54, 1.807) is 18.2 Å². The van der Waals surface area contributed by atoms with Gasteiger partial charge in [-0.05, 0) is 42.5 Å². The topological polar surface area (TPSA) is 58.2 Å². The zero-order valence-corrected chi connectivity index (χ0v) is 14.1. The molecule has 1 aromatic rings. The van der Waals surface area contributed by atoms with Crippen molar-refractivity contribution in [3.8, 4) is 0 Å². The maximum Gasteiger partial charge on any atom is 0.240 e. The molecule has 0 amide bonds. The Morgan fingerprint density at radius 2 is 2.05 bits per heavy atom. The fourth-order valence-electron chi connectivity index (χ4n) is 2.18. The molecule has 0 radical (unpaired) electrons. The molecule has 2 rings (SSSR count). The van der Waals surface area contributed by atoms with E-state index in [2.05, 4.69) is 10.0 Å². The summed E-state index contributed by atoms with van der Waals surface area (Å²) in [5.74, 6) is 0.495. The van der Waals surface area contributed by atoms with Gasteiger partial charge in [-0.25, -0.2) is 13.1 Å². The largest absolute Gasteiger partial charge is 0.310 e. The lowest BCUT2D eigenvalue weighted by molar-refractivity contribution is 0.316. The molecular weight excluding hydrogens is 308 g/mol. The third-order valence-corrected chi connectivity index (χ3v) is 5.60. The minimum Gasteiger partial charge on any atom is -0.310 e. The van der Waals surface area contributed by atoms with E-state index < -0.39 is 10.0 Å². The van der Waals surface area contributed by atoms with Gasteiger partial charge in [-0.1, -0.05) is 31.9 Å². The quantitative estimate of drug-likeness (QED) is 0.808. The minimum absolute atomic E-state index is 0.284. The predicted molar refractivity (Wildman–Crippen MR) is 86.0 cm³/mol. The summed E-state index contributed by atoms with van der Waals surface area (Å²) in [5, 5.41) is 3.83. The second kappa shape index (κ2) is 7.09. The molecule has 4 nitrogen and oxygen atoms in total. The molecular formula is C15H23ClN2O2S. The molecule has 21 heavy (non-hydrogen) atoms. The van der Waals surface area contributed by atoms with E-state index >= 15 is 0 Å². The van der Waals surface area contributed by atoms with Crippen LogP contribution >= 0.6 is 11.6 Å². The van der Waals surface area contributed by atoms with Gasteiger partial charge in [0.2, 0.25) is 10.0 Å². The molecule has 1 aromatic carbocycles. The van der Waals surface area contributed by atoms with Gasteiger partial charge in [0.25, 0.3) is 0 Å². The zero-order valence-electron chi connectivity index (χ0n) is 12.5. The second-order valence-electron chi connectivity index (χ2n) is 5.94. The maximum atomic E-state index is 12.3. The van der Waals surface area contributed by atoms with Crippen LogP contribution < -0.4 is 10.0 Å². The first-order valence-corrected chi connectivity index (χ1v) is 9.26. The standard InChI is InChI=1S/C15H23ClN2O2S/c1-11(2)17-10-13-8-14(6-7-15(13)16)21(19,20)18-9-12-4-3-5-12/h6-8,11-12,17-18H,3-5,9-10H2,1-2H3. The van der Waals surface area contributed by atoms with Gasteiger partial charge in [0.15, 0.2) is 0 Å². The Morgan fingerprint density at radius 3 is 2.62 bits per heavy atom. The van der Waals surface area contributed by atoms with Crippen LogP contribution in [0.5, 0.6) is 0 Å². The van der Waals surface area contributed by atoms with Crippen LogP contribution in [0.1, 0.15) is 38.7 Å². The number of hydrogen-bond acceptors (Lipinski definition) is 3. The monoisotopic (exact) mass is 330 g/mol. The van der Waals surface area contributed by atoms with E-state index in [1.165, 1.54) is 6.42 Å². The third kappa shape index (κ3) is 4.68. The molecule has 0 heterocycles. The number of halogens is 1. The third-order valence-electron chi connectivity index (χ3n) is 3.82. The lowest BCUT2D eigenvalue weighted by Crippen LogP contribution is -2.32. The Balaban J connectivity index is 2.08. The summed E-state index contributed by atoms with van der Waals surface area (Å²) >= 11 is 6.13. The Kier molecular flexibility index (Phi) is 5.66. The molecule has 0 aliphatic heterocycles. The Morgan fingerprint density at radius 1 is 1.33 bits per heavy atom. The van der Waals surface area contributed by atoms with E-state index in [-0.39, 0.29) is 4.90 Å². The smallest absolute Gasteiger partial charge is 0.240 e. The molecule has 0 aromatic heterocycles. The number of rotatable bonds is 7. The number of benzene rings is 1. The summed E-state index contributed by atoms with van der Waals surface area (Å²) in [6.45, 7) is 5.16. The van der Waals surface area contributed by atoms with Crippen LogP contribution in [0.25, 0.3) is 0 Å². The lowest BCUT2D eigenvalue weighted by atomic mass is 9.86. The van der Waals surface area contributed by atoms with Crippen LogP contribution in [0.3, 0.4) is 0 Å². The highest BCUT2D eigenvalue weighted by atomic mass is 35.5. The molecule has 0 bridgehead atoms. The average Bonchev–Trinajstić information content (AvgIpc) is 2.35. The fraction of sp³-hybridized carbons (Fsp3) is 0.600. The fourth-order valence-corrected chi connectivity index (χ4v) is 3.53. The van der Waals surface area contributed by atoms with Crippen LogP contribution in [0, 0.1) is 5.92 Å². The van der Waals surface area contributed by atoms with Crippen molar-refractivity contribution in [2.45, 2.75) is 50.6 Å². The summed E-state index contributed by atoms with van der Waals surface area (Å²) in [6.07, 6.45) is 3.44. The first-order valence-electron chi connectivity index (χ1n) is 7.40. The molecule has 1 saturated carbocycles. The van der Waals surface area contributed by atoms with Crippen molar-refractivity contribution in [1.29, 1.82) is 0 Å². The zero-order chi connectivity index (χ0) is 15.5. The van der Waals surface area contributed by atoms with Gasteiger partial charge in [-0.3, -0.25) is 0 Å². The first-order chi connectivity index (χ1) is 9.88. The molecule has 2 N–H and O–H groups in total. The molecule has 0 atom stereocenters. The van der Waals surface area contributed by atoms with Crippen LogP contribution in [0.4, 0.5) is 0 Å². The van der Waals surface area contributed by atoms with Crippen LogP contribution in [-0.2, 0) is 16.6 Å². The van der Waals surface area contributed by atoms with E-state index in [9.17, 15) is 8.42 Å². The van der Waals surface area contributed by atoms with Crippen LogP contribution in [0.15, 0.2) is 23.1 Å². The molecule has 0 spiro atoms. The molecule has 1 aliphatic carbocycles. The molecule has 6 heteroatoms. The Hall–Kier alpha value is -0.620. The SMILES string of the molecule is CC(C)NCc1cc(S(=O)(=O)NCC2CCC2)ccc1Cl. The minimum atomic E-state index is -3.45. The van der Waals surface area contributed by atoms with Gasteiger partial charge in [0.05, 0.1) is 4.90 Å². The summed E-state index contributed by atoms with van der Waals surface area (Å²) in [4.78, 5) is 0.284. The molecule has 118 valence electrons. The molecule has 0 unspecified atom stereocenters. The highest BCUT2D eigenvalue weighted by molar-refractivity contribution is 7.89. The van der Waals surface area contributed by atoms with Gasteiger partial charge in [0, 0.05) is 24.2 Å².